The fourth-order valence-corrected chi connectivity index (χ4v) is 4.24. The molecule has 0 unspecified atom stereocenters. The first-order valence-corrected chi connectivity index (χ1v) is 9.72. The molecule has 0 aliphatic heterocycles. The van der Waals surface area contributed by atoms with Crippen LogP contribution in [0.4, 0.5) is 0 Å². The predicted octanol–water partition coefficient (Wildman–Crippen LogP) is 3.17. The van der Waals surface area contributed by atoms with Crippen LogP contribution in [0.25, 0.3) is 0 Å². The maximum Gasteiger partial charge on any atom is 0.262 e. The molecule has 2 aromatic heterocycles. The average Bonchev–Trinajstić information content (AvgIpc) is 3.16. The van der Waals surface area contributed by atoms with E-state index in [0.29, 0.717) is 6.42 Å². The fourth-order valence-electron chi connectivity index (χ4n) is 2.14. The molecule has 0 aliphatic carbocycles. The molecular weight excluding hydrogens is 318 g/mol. The van der Waals surface area contributed by atoms with Gasteiger partial charge in [-0.25, -0.2) is 13.4 Å². The highest BCUT2D eigenvalue weighted by molar-refractivity contribution is 7.89. The van der Waals surface area contributed by atoms with Crippen LogP contribution in [0.15, 0.2) is 35.1 Å². The van der Waals surface area contributed by atoms with Crippen LogP contribution in [0.5, 0.6) is 0 Å². The van der Waals surface area contributed by atoms with E-state index in [1.54, 1.807) is 30.9 Å². The van der Waals surface area contributed by atoms with Crippen LogP contribution < -0.4 is 0 Å². The Kier molecular flexibility index (Phi) is 5.41. The van der Waals surface area contributed by atoms with Gasteiger partial charge in [-0.05, 0) is 38.1 Å². The third-order valence-electron chi connectivity index (χ3n) is 4.02. The number of aromatic nitrogens is 2. The zero-order valence-corrected chi connectivity index (χ0v) is 15.1. The Morgan fingerprint density at radius 1 is 1.41 bits per heavy atom. The second-order valence-electron chi connectivity index (χ2n) is 5.57. The summed E-state index contributed by atoms with van der Waals surface area (Å²) in [5.74, 6) is 0. The van der Waals surface area contributed by atoms with Gasteiger partial charge in [0.1, 0.15) is 0 Å². The van der Waals surface area contributed by atoms with Gasteiger partial charge in [-0.15, -0.1) is 11.3 Å². The fraction of sp³-hybridized carbons (Fsp3) is 0.533. The van der Waals surface area contributed by atoms with Crippen LogP contribution >= 0.6 is 11.3 Å². The van der Waals surface area contributed by atoms with Crippen LogP contribution in [-0.4, -0.2) is 35.4 Å². The molecule has 7 heteroatoms. The summed E-state index contributed by atoms with van der Waals surface area (Å²) in [7, 11) is -1.94. The van der Waals surface area contributed by atoms with Crippen LogP contribution in [0, 0.1) is 0 Å². The first-order valence-electron chi connectivity index (χ1n) is 7.40. The third-order valence-corrected chi connectivity index (χ3v) is 6.77. The van der Waals surface area contributed by atoms with Gasteiger partial charge in [0.25, 0.3) is 10.0 Å². The molecule has 0 aromatic carbocycles. The van der Waals surface area contributed by atoms with E-state index in [4.69, 9.17) is 0 Å². The highest BCUT2D eigenvalue weighted by atomic mass is 32.2. The number of nitrogens with zero attached hydrogens (tertiary/aromatic N) is 3. The predicted molar refractivity (Wildman–Crippen MR) is 89.7 cm³/mol. The van der Waals surface area contributed by atoms with Crippen molar-refractivity contribution in [1.29, 1.82) is 0 Å². The molecule has 2 heterocycles. The summed E-state index contributed by atoms with van der Waals surface area (Å²) in [6.45, 7) is 6.03. The molecule has 2 rings (SSSR count). The number of sulfonamides is 1. The maximum absolute atomic E-state index is 12.7. The largest absolute Gasteiger partial charge is 0.333 e. The summed E-state index contributed by atoms with van der Waals surface area (Å²) in [4.78, 5) is 5.27. The van der Waals surface area contributed by atoms with E-state index in [1.165, 1.54) is 9.18 Å². The van der Waals surface area contributed by atoms with Crippen molar-refractivity contribution < 1.29 is 8.42 Å². The minimum Gasteiger partial charge on any atom is -0.333 e. The number of imidazole rings is 1. The zero-order valence-electron chi connectivity index (χ0n) is 13.4. The molecule has 0 fully saturated rings. The van der Waals surface area contributed by atoms with Crippen molar-refractivity contribution in [3.63, 3.8) is 0 Å². The SMILES string of the molecule is CC[C@@H](C)n1cnc(S(=O)(=O)N(C)[C@@H](C)Cc2cccs2)c1. The van der Waals surface area contributed by atoms with Gasteiger partial charge in [0.2, 0.25) is 0 Å². The van der Waals surface area contributed by atoms with Gasteiger partial charge in [-0.1, -0.05) is 13.0 Å². The third kappa shape index (κ3) is 3.59. The van der Waals surface area contributed by atoms with Crippen molar-refractivity contribution in [2.75, 3.05) is 7.05 Å². The normalized spacial score (nSPS) is 15.1. The molecule has 0 spiro atoms. The summed E-state index contributed by atoms with van der Waals surface area (Å²) in [6.07, 6.45) is 4.86. The first kappa shape index (κ1) is 17.2. The summed E-state index contributed by atoms with van der Waals surface area (Å²) < 4.78 is 28.6. The monoisotopic (exact) mass is 341 g/mol. The Balaban J connectivity index is 2.16. The summed E-state index contributed by atoms with van der Waals surface area (Å²) >= 11 is 1.64. The highest BCUT2D eigenvalue weighted by Crippen LogP contribution is 2.20. The highest BCUT2D eigenvalue weighted by Gasteiger charge is 2.28. The molecule has 0 saturated heterocycles. The number of hydrogen-bond acceptors (Lipinski definition) is 4. The molecule has 22 heavy (non-hydrogen) atoms. The van der Waals surface area contributed by atoms with Crippen molar-refractivity contribution in [2.45, 2.75) is 50.7 Å². The maximum atomic E-state index is 12.7. The van der Waals surface area contributed by atoms with Gasteiger partial charge in [0, 0.05) is 30.2 Å². The van der Waals surface area contributed by atoms with E-state index in [0.717, 1.165) is 6.42 Å². The standard InChI is InChI=1S/C15H23N3O2S2/c1-5-12(2)18-10-15(16-11-18)22(19,20)17(4)13(3)9-14-7-6-8-21-14/h6-8,10-13H,5,9H2,1-4H3/t12-,13+/m1/s1. The number of likely N-dealkylation sites (N-methyl/N-ethyl adjacent to an activating group) is 1. The van der Waals surface area contributed by atoms with Gasteiger partial charge >= 0.3 is 0 Å². The lowest BCUT2D eigenvalue weighted by Crippen LogP contribution is -2.36. The van der Waals surface area contributed by atoms with E-state index in [2.05, 4.69) is 11.9 Å². The molecule has 0 bridgehead atoms. The molecule has 0 N–H and O–H groups in total. The quantitative estimate of drug-likeness (QED) is 0.777. The van der Waals surface area contributed by atoms with Gasteiger partial charge in [-0.2, -0.15) is 4.31 Å². The second kappa shape index (κ2) is 6.93. The summed E-state index contributed by atoms with van der Waals surface area (Å²) in [5.41, 5.74) is 0. The number of thiophene rings is 1. The Labute approximate surface area is 136 Å². The van der Waals surface area contributed by atoms with E-state index >= 15 is 0 Å². The average molecular weight is 342 g/mol. The summed E-state index contributed by atoms with van der Waals surface area (Å²) in [6, 6.07) is 4.14. The molecule has 0 aliphatic rings. The molecule has 122 valence electrons. The number of rotatable bonds is 7. The molecule has 0 saturated carbocycles. The molecule has 2 atom stereocenters. The summed E-state index contributed by atoms with van der Waals surface area (Å²) in [5, 5.41) is 2.12. The van der Waals surface area contributed by atoms with E-state index < -0.39 is 10.0 Å². The van der Waals surface area contributed by atoms with Gasteiger partial charge in [0.15, 0.2) is 5.03 Å². The van der Waals surface area contributed by atoms with E-state index in [-0.39, 0.29) is 17.1 Å². The Morgan fingerprint density at radius 2 is 2.14 bits per heavy atom. The Morgan fingerprint density at radius 3 is 2.73 bits per heavy atom. The van der Waals surface area contributed by atoms with Crippen molar-refractivity contribution in [1.82, 2.24) is 13.9 Å². The van der Waals surface area contributed by atoms with Crippen molar-refractivity contribution in [2.24, 2.45) is 0 Å². The smallest absolute Gasteiger partial charge is 0.262 e. The molecular formula is C15H23N3O2S2. The van der Waals surface area contributed by atoms with Gasteiger partial charge < -0.3 is 4.57 Å². The topological polar surface area (TPSA) is 55.2 Å². The lowest BCUT2D eigenvalue weighted by molar-refractivity contribution is 0.387. The number of hydrogen-bond donors (Lipinski definition) is 0. The van der Waals surface area contributed by atoms with E-state index in [9.17, 15) is 8.42 Å². The Hall–Kier alpha value is -1.18. The minimum atomic E-state index is -3.56. The zero-order chi connectivity index (χ0) is 16.3. The Bertz CT molecular complexity index is 692. The van der Waals surface area contributed by atoms with Crippen molar-refractivity contribution in [3.8, 4) is 0 Å². The second-order valence-corrected chi connectivity index (χ2v) is 8.55. The molecule has 0 amide bonds. The van der Waals surface area contributed by atoms with Gasteiger partial charge in [0.05, 0.1) is 6.33 Å². The van der Waals surface area contributed by atoms with Crippen molar-refractivity contribution in [3.05, 3.63) is 34.9 Å². The molecule has 0 radical (unpaired) electrons. The minimum absolute atomic E-state index is 0.114. The van der Waals surface area contributed by atoms with E-state index in [1.807, 2.05) is 35.9 Å². The first-order chi connectivity index (χ1) is 10.4. The lowest BCUT2D eigenvalue weighted by Gasteiger charge is -2.22. The van der Waals surface area contributed by atoms with Crippen molar-refractivity contribution >= 4 is 21.4 Å². The van der Waals surface area contributed by atoms with Crippen LogP contribution in [0.2, 0.25) is 0 Å². The van der Waals surface area contributed by atoms with Crippen LogP contribution in [0.3, 0.4) is 0 Å². The van der Waals surface area contributed by atoms with Crippen LogP contribution in [-0.2, 0) is 16.4 Å². The molecule has 2 aromatic rings. The van der Waals surface area contributed by atoms with Crippen LogP contribution in [0.1, 0.15) is 38.1 Å². The molecule has 5 nitrogen and oxygen atoms in total. The lowest BCUT2D eigenvalue weighted by atomic mass is 10.2. The van der Waals surface area contributed by atoms with Gasteiger partial charge in [-0.3, -0.25) is 0 Å².